The minimum Gasteiger partial charge on any atom is -0.460 e. The highest BCUT2D eigenvalue weighted by molar-refractivity contribution is 6.74. The molecule has 0 aromatic rings. The van der Waals surface area contributed by atoms with E-state index in [0.717, 1.165) is 19.3 Å². The monoisotopic (exact) mass is 588 g/mol. The van der Waals surface area contributed by atoms with Gasteiger partial charge in [-0.15, -0.1) is 0 Å². The summed E-state index contributed by atoms with van der Waals surface area (Å²) in [7, 11) is -2.15. The Labute approximate surface area is 250 Å². The zero-order valence-corrected chi connectivity index (χ0v) is 28.2. The van der Waals surface area contributed by atoms with Crippen molar-refractivity contribution in [2.75, 3.05) is 0 Å². The number of hydrogen-bond donors (Lipinski definition) is 0. The number of carbonyl (C=O) groups is 1. The zero-order valence-electron chi connectivity index (χ0n) is 27.2. The van der Waals surface area contributed by atoms with Crippen molar-refractivity contribution in [2.45, 2.75) is 148 Å². The molecule has 0 unspecified atom stereocenters. The Kier molecular flexibility index (Phi) is 11.9. The minimum absolute atomic E-state index is 0.0259. The third kappa shape index (κ3) is 10.6. The molecule has 0 aromatic carbocycles. The molecule has 2 fully saturated rings. The van der Waals surface area contributed by atoms with Crippen LogP contribution in [0.2, 0.25) is 18.1 Å². The van der Waals surface area contributed by atoms with Gasteiger partial charge < -0.3 is 23.4 Å². The standard InChI is InChI=1S/C34H56O6Si/c1-11-12-13-14-16-24(2)21-31(40-41(9,10)33(4,5)6)30-23-29-26(36-29)19-20-28-27(38-34(7,8)39-28)18-15-17-25(3)22-32(35)37-30/h11-12,14-16,18-20,24-31H,13,17,21-23H2,1-10H3/b12-11+,16-14+,18-15+,20-19+/t24-,25-,26-,27-,28-,29-,30-,31-/m0/s1. The number of allylic oxidation sites excluding steroid dienone is 5. The maximum Gasteiger partial charge on any atom is 0.306 e. The average molecular weight is 589 g/mol. The number of rotatable bonds is 8. The fraction of sp³-hybridized carbons (Fsp3) is 0.735. The summed E-state index contributed by atoms with van der Waals surface area (Å²) in [6.07, 6.45) is 19.4. The van der Waals surface area contributed by atoms with Crippen molar-refractivity contribution in [1.29, 1.82) is 0 Å². The van der Waals surface area contributed by atoms with Crippen LogP contribution in [0, 0.1) is 11.8 Å². The lowest BCUT2D eigenvalue weighted by molar-refractivity contribution is -0.156. The third-order valence-corrected chi connectivity index (χ3v) is 13.2. The molecular formula is C34H56O6Si. The van der Waals surface area contributed by atoms with Gasteiger partial charge in [0, 0.05) is 12.8 Å². The topological polar surface area (TPSA) is 66.5 Å². The molecule has 0 bridgehead atoms. The van der Waals surface area contributed by atoms with Crippen LogP contribution in [0.1, 0.15) is 87.5 Å². The number of fused-ring (bicyclic) bond motifs is 2. The summed E-state index contributed by atoms with van der Waals surface area (Å²) in [5.74, 6) is -0.387. The molecule has 7 heteroatoms. The number of ether oxygens (including phenoxy) is 4. The van der Waals surface area contributed by atoms with Crippen molar-refractivity contribution in [3.63, 3.8) is 0 Å². The molecule has 3 aliphatic rings. The van der Waals surface area contributed by atoms with Crippen LogP contribution >= 0.6 is 0 Å². The Morgan fingerprint density at radius 1 is 1.10 bits per heavy atom. The highest BCUT2D eigenvalue weighted by Gasteiger charge is 2.46. The lowest BCUT2D eigenvalue weighted by Crippen LogP contribution is -2.48. The molecule has 0 aromatic heterocycles. The van der Waals surface area contributed by atoms with Crippen LogP contribution in [-0.2, 0) is 28.2 Å². The maximum absolute atomic E-state index is 13.3. The Morgan fingerprint density at radius 3 is 2.41 bits per heavy atom. The maximum atomic E-state index is 13.3. The van der Waals surface area contributed by atoms with Crippen LogP contribution in [0.5, 0.6) is 0 Å². The van der Waals surface area contributed by atoms with E-state index in [9.17, 15) is 4.79 Å². The summed E-state index contributed by atoms with van der Waals surface area (Å²) < 4.78 is 31.7. The van der Waals surface area contributed by atoms with Gasteiger partial charge in [0.25, 0.3) is 0 Å². The molecule has 0 spiro atoms. The first-order valence-electron chi connectivity index (χ1n) is 15.6. The lowest BCUT2D eigenvalue weighted by atomic mass is 9.96. The molecule has 41 heavy (non-hydrogen) atoms. The molecule has 3 heterocycles. The van der Waals surface area contributed by atoms with Crippen LogP contribution in [0.3, 0.4) is 0 Å². The Morgan fingerprint density at radius 2 is 1.76 bits per heavy atom. The van der Waals surface area contributed by atoms with E-state index in [1.165, 1.54) is 0 Å². The molecule has 3 aliphatic heterocycles. The summed E-state index contributed by atoms with van der Waals surface area (Å²) in [6.45, 7) is 21.5. The number of hydrogen-bond acceptors (Lipinski definition) is 6. The van der Waals surface area contributed by atoms with Crippen LogP contribution in [-0.4, -0.2) is 56.7 Å². The van der Waals surface area contributed by atoms with Gasteiger partial charge in [0.1, 0.15) is 24.4 Å². The highest BCUT2D eigenvalue weighted by atomic mass is 28.4. The molecule has 3 rings (SSSR count). The molecule has 6 nitrogen and oxygen atoms in total. The molecule has 0 N–H and O–H groups in total. The molecule has 8 atom stereocenters. The molecular weight excluding hydrogens is 532 g/mol. The quantitative estimate of drug-likeness (QED) is 0.124. The Hall–Kier alpha value is -1.51. The Bertz CT molecular complexity index is 974. The van der Waals surface area contributed by atoms with E-state index >= 15 is 0 Å². The SMILES string of the molecule is C/C=C/C/C=C/[C@H](C)C[C@H](O[Si](C)(C)C(C)(C)C)[C@@H]1C[C@@H]2O[C@H]2/C=C/[C@@H]2OC(C)(C)O[C@H]2/C=C/C[C@H](C)CC(=O)O1. The first-order chi connectivity index (χ1) is 19.1. The fourth-order valence-corrected chi connectivity index (χ4v) is 6.54. The number of carbonyl (C=O) groups excluding carboxylic acids is 1. The summed E-state index contributed by atoms with van der Waals surface area (Å²) >= 11 is 0. The lowest BCUT2D eigenvalue weighted by Gasteiger charge is -2.41. The van der Waals surface area contributed by atoms with Gasteiger partial charge in [-0.25, -0.2) is 0 Å². The smallest absolute Gasteiger partial charge is 0.306 e. The molecule has 0 radical (unpaired) electrons. The van der Waals surface area contributed by atoms with E-state index in [-0.39, 0.29) is 59.5 Å². The first-order valence-corrected chi connectivity index (χ1v) is 18.5. The summed E-state index contributed by atoms with van der Waals surface area (Å²) in [5.41, 5.74) is 0. The fourth-order valence-electron chi connectivity index (χ4n) is 5.19. The second kappa shape index (κ2) is 14.3. The number of epoxide rings is 1. The van der Waals surface area contributed by atoms with Gasteiger partial charge in [0.05, 0.1) is 12.2 Å². The number of cyclic esters (lactones) is 1. The van der Waals surface area contributed by atoms with E-state index in [0.29, 0.717) is 12.8 Å². The third-order valence-electron chi connectivity index (χ3n) is 8.65. The summed E-state index contributed by atoms with van der Waals surface area (Å²) in [5, 5.41) is 0.0376. The van der Waals surface area contributed by atoms with E-state index < -0.39 is 14.1 Å². The van der Waals surface area contributed by atoms with Gasteiger partial charge in [-0.05, 0) is 70.0 Å². The summed E-state index contributed by atoms with van der Waals surface area (Å²) in [4.78, 5) is 13.3. The van der Waals surface area contributed by atoms with E-state index in [4.69, 9.17) is 23.4 Å². The average Bonchev–Trinajstić information content (AvgIpc) is 3.51. The predicted molar refractivity (Wildman–Crippen MR) is 168 cm³/mol. The van der Waals surface area contributed by atoms with Crippen LogP contribution < -0.4 is 0 Å². The van der Waals surface area contributed by atoms with Gasteiger partial charge >= 0.3 is 5.97 Å². The van der Waals surface area contributed by atoms with E-state index in [2.05, 4.69) is 96.3 Å². The molecule has 2 saturated heterocycles. The molecule has 0 amide bonds. The molecule has 0 aliphatic carbocycles. The molecule has 0 saturated carbocycles. The van der Waals surface area contributed by atoms with Crippen LogP contribution in [0.25, 0.3) is 0 Å². The van der Waals surface area contributed by atoms with Gasteiger partial charge in [-0.1, -0.05) is 83.2 Å². The number of esters is 1. The largest absolute Gasteiger partial charge is 0.460 e. The second-order valence-electron chi connectivity index (χ2n) is 14.2. The predicted octanol–water partition coefficient (Wildman–Crippen LogP) is 8.06. The van der Waals surface area contributed by atoms with E-state index in [1.54, 1.807) is 0 Å². The van der Waals surface area contributed by atoms with Crippen molar-refractivity contribution in [1.82, 2.24) is 0 Å². The Balaban J connectivity index is 1.86. The summed E-state index contributed by atoms with van der Waals surface area (Å²) in [6, 6.07) is 0. The minimum atomic E-state index is -2.15. The van der Waals surface area contributed by atoms with Crippen LogP contribution in [0.15, 0.2) is 48.6 Å². The van der Waals surface area contributed by atoms with Crippen molar-refractivity contribution in [2.24, 2.45) is 11.8 Å². The first kappa shape index (κ1) is 34.0. The van der Waals surface area contributed by atoms with E-state index in [1.807, 2.05) is 20.8 Å². The van der Waals surface area contributed by atoms with Gasteiger partial charge in [-0.2, -0.15) is 0 Å². The second-order valence-corrected chi connectivity index (χ2v) is 18.9. The molecule has 232 valence electrons. The van der Waals surface area contributed by atoms with Gasteiger partial charge in [-0.3, -0.25) is 4.79 Å². The normalized spacial score (nSPS) is 34.2. The van der Waals surface area contributed by atoms with Crippen LogP contribution in [0.4, 0.5) is 0 Å². The van der Waals surface area contributed by atoms with Crippen molar-refractivity contribution < 1.29 is 28.2 Å². The zero-order chi connectivity index (χ0) is 30.4. The van der Waals surface area contributed by atoms with Gasteiger partial charge in [0.15, 0.2) is 14.1 Å². The van der Waals surface area contributed by atoms with Crippen molar-refractivity contribution >= 4 is 14.3 Å². The highest BCUT2D eigenvalue weighted by Crippen LogP contribution is 2.40. The van der Waals surface area contributed by atoms with Crippen molar-refractivity contribution in [3.05, 3.63) is 48.6 Å². The van der Waals surface area contributed by atoms with Gasteiger partial charge in [0.2, 0.25) is 0 Å². The van der Waals surface area contributed by atoms with Crippen molar-refractivity contribution in [3.8, 4) is 0 Å².